The number of piperazine rings is 1. The largest absolute Gasteiger partial charge is 0.380 e. The van der Waals surface area contributed by atoms with Crippen molar-refractivity contribution in [1.29, 1.82) is 0 Å². The first-order chi connectivity index (χ1) is 9.74. The van der Waals surface area contributed by atoms with E-state index in [4.69, 9.17) is 16.3 Å². The molecule has 1 fully saturated rings. The predicted octanol–water partition coefficient (Wildman–Crippen LogP) is 2.67. The van der Waals surface area contributed by atoms with Gasteiger partial charge in [-0.2, -0.15) is 0 Å². The van der Waals surface area contributed by atoms with E-state index in [2.05, 4.69) is 21.7 Å². The summed E-state index contributed by atoms with van der Waals surface area (Å²) in [5, 5.41) is 0.564. The normalized spacial score (nSPS) is 20.4. The second kappa shape index (κ2) is 7.81. The van der Waals surface area contributed by atoms with Crippen molar-refractivity contribution in [2.24, 2.45) is 0 Å². The summed E-state index contributed by atoms with van der Waals surface area (Å²) in [6.45, 7) is 10.1. The summed E-state index contributed by atoms with van der Waals surface area (Å²) in [5.41, 5.74) is 1.17. The van der Waals surface area contributed by atoms with Gasteiger partial charge in [0, 0.05) is 50.7 Å². The van der Waals surface area contributed by atoms with Gasteiger partial charge in [-0.05, 0) is 25.5 Å². The van der Waals surface area contributed by atoms with Gasteiger partial charge in [0.25, 0.3) is 0 Å². The van der Waals surface area contributed by atoms with Crippen LogP contribution in [0.3, 0.4) is 0 Å². The number of hydrogen-bond acceptors (Lipinski definition) is 4. The molecule has 0 aliphatic carbocycles. The molecule has 2 rings (SSSR count). The highest BCUT2D eigenvalue weighted by atomic mass is 35.5. The van der Waals surface area contributed by atoms with Crippen molar-refractivity contribution in [3.63, 3.8) is 0 Å². The number of nitrogens with zero attached hydrogens (tertiary/aromatic N) is 3. The van der Waals surface area contributed by atoms with Crippen LogP contribution in [0.5, 0.6) is 0 Å². The van der Waals surface area contributed by atoms with Crippen LogP contribution in [0.25, 0.3) is 0 Å². The maximum atomic E-state index is 5.98. The lowest BCUT2D eigenvalue weighted by Gasteiger charge is -2.42. The van der Waals surface area contributed by atoms with E-state index in [-0.39, 0.29) is 0 Å². The first-order valence-electron chi connectivity index (χ1n) is 7.42. The molecule has 0 saturated carbocycles. The Morgan fingerprint density at radius 3 is 2.95 bits per heavy atom. The van der Waals surface area contributed by atoms with Gasteiger partial charge in [-0.1, -0.05) is 18.5 Å². The monoisotopic (exact) mass is 297 g/mol. The lowest BCUT2D eigenvalue weighted by molar-refractivity contribution is 0.0870. The number of halogens is 1. The topological polar surface area (TPSA) is 28.6 Å². The first-order valence-corrected chi connectivity index (χ1v) is 7.80. The zero-order valence-corrected chi connectivity index (χ0v) is 13.1. The van der Waals surface area contributed by atoms with Gasteiger partial charge in [0.2, 0.25) is 0 Å². The molecule has 0 amide bonds. The van der Waals surface area contributed by atoms with Crippen LogP contribution in [0, 0.1) is 0 Å². The molecular weight excluding hydrogens is 274 g/mol. The van der Waals surface area contributed by atoms with Gasteiger partial charge in [-0.25, -0.2) is 4.98 Å². The van der Waals surface area contributed by atoms with E-state index >= 15 is 0 Å². The third kappa shape index (κ3) is 4.08. The summed E-state index contributed by atoms with van der Waals surface area (Å²) in [6, 6.07) is 4.56. The van der Waals surface area contributed by atoms with Gasteiger partial charge in [0.1, 0.15) is 5.15 Å². The molecule has 20 heavy (non-hydrogen) atoms. The van der Waals surface area contributed by atoms with E-state index in [0.29, 0.717) is 11.2 Å². The van der Waals surface area contributed by atoms with Crippen LogP contribution in [0.2, 0.25) is 5.15 Å². The Labute approximate surface area is 126 Å². The Balaban J connectivity index is 1.94. The number of anilines is 1. The van der Waals surface area contributed by atoms with E-state index in [1.807, 2.05) is 19.1 Å². The quantitative estimate of drug-likeness (QED) is 0.596. The average molecular weight is 298 g/mol. The van der Waals surface area contributed by atoms with Crippen molar-refractivity contribution < 1.29 is 4.74 Å². The van der Waals surface area contributed by atoms with Crippen LogP contribution >= 0.6 is 11.6 Å². The molecule has 0 N–H and O–H groups in total. The van der Waals surface area contributed by atoms with Crippen LogP contribution < -0.4 is 4.90 Å². The van der Waals surface area contributed by atoms with Gasteiger partial charge in [0.05, 0.1) is 6.61 Å². The molecule has 112 valence electrons. The molecule has 2 heterocycles. The number of pyridine rings is 1. The van der Waals surface area contributed by atoms with Crippen molar-refractivity contribution in [2.75, 3.05) is 44.3 Å². The fourth-order valence-corrected chi connectivity index (χ4v) is 2.89. The van der Waals surface area contributed by atoms with Crippen LogP contribution in [0.1, 0.15) is 20.3 Å². The smallest absolute Gasteiger partial charge is 0.131 e. The lowest BCUT2D eigenvalue weighted by atomic mass is 10.1. The number of hydrogen-bond donors (Lipinski definition) is 0. The van der Waals surface area contributed by atoms with Crippen molar-refractivity contribution in [3.05, 3.63) is 23.5 Å². The number of ether oxygens (including phenoxy) is 1. The summed E-state index contributed by atoms with van der Waals surface area (Å²) in [5.74, 6) is 0. The summed E-state index contributed by atoms with van der Waals surface area (Å²) in [7, 11) is 0. The Morgan fingerprint density at radius 1 is 1.40 bits per heavy atom. The van der Waals surface area contributed by atoms with Crippen LogP contribution in [0.4, 0.5) is 5.69 Å². The zero-order valence-electron chi connectivity index (χ0n) is 12.4. The zero-order chi connectivity index (χ0) is 14.4. The van der Waals surface area contributed by atoms with Crippen LogP contribution in [-0.4, -0.2) is 55.3 Å². The highest BCUT2D eigenvalue weighted by Gasteiger charge is 2.25. The average Bonchev–Trinajstić information content (AvgIpc) is 2.47. The number of rotatable bonds is 6. The fourth-order valence-electron chi connectivity index (χ4n) is 2.72. The van der Waals surface area contributed by atoms with E-state index in [1.165, 1.54) is 5.69 Å². The molecule has 4 nitrogen and oxygen atoms in total. The highest BCUT2D eigenvalue weighted by Crippen LogP contribution is 2.22. The van der Waals surface area contributed by atoms with Crippen LogP contribution in [0.15, 0.2) is 18.3 Å². The highest BCUT2D eigenvalue weighted by molar-refractivity contribution is 6.29. The van der Waals surface area contributed by atoms with Crippen molar-refractivity contribution >= 4 is 17.3 Å². The first kappa shape index (κ1) is 15.5. The minimum absolute atomic E-state index is 0.564. The van der Waals surface area contributed by atoms with Gasteiger partial charge < -0.3 is 9.64 Å². The summed E-state index contributed by atoms with van der Waals surface area (Å²) in [6.07, 6.45) is 2.93. The molecule has 1 saturated heterocycles. The van der Waals surface area contributed by atoms with Gasteiger partial charge in [0.15, 0.2) is 0 Å². The molecule has 0 spiro atoms. The summed E-state index contributed by atoms with van der Waals surface area (Å²) >= 11 is 5.98. The maximum absolute atomic E-state index is 5.98. The Kier molecular flexibility index (Phi) is 6.07. The van der Waals surface area contributed by atoms with Crippen molar-refractivity contribution in [2.45, 2.75) is 26.3 Å². The Hall–Kier alpha value is -0.840. The van der Waals surface area contributed by atoms with E-state index in [1.54, 1.807) is 6.20 Å². The fraction of sp³-hybridized carbons (Fsp3) is 0.667. The molecule has 1 aromatic heterocycles. The van der Waals surface area contributed by atoms with E-state index in [9.17, 15) is 0 Å². The predicted molar refractivity (Wildman–Crippen MR) is 83.6 cm³/mol. The van der Waals surface area contributed by atoms with Gasteiger partial charge >= 0.3 is 0 Å². The second-order valence-electron chi connectivity index (χ2n) is 5.08. The molecule has 1 atom stereocenters. The second-order valence-corrected chi connectivity index (χ2v) is 5.46. The minimum Gasteiger partial charge on any atom is -0.380 e. The third-order valence-electron chi connectivity index (χ3n) is 3.88. The van der Waals surface area contributed by atoms with Gasteiger partial charge in [-0.15, -0.1) is 0 Å². The summed E-state index contributed by atoms with van der Waals surface area (Å²) < 4.78 is 5.48. The Morgan fingerprint density at radius 2 is 2.25 bits per heavy atom. The molecule has 1 aliphatic heterocycles. The van der Waals surface area contributed by atoms with Crippen molar-refractivity contribution in [3.8, 4) is 0 Å². The lowest BCUT2D eigenvalue weighted by Crippen LogP contribution is -2.53. The van der Waals surface area contributed by atoms with E-state index in [0.717, 1.165) is 45.8 Å². The molecule has 0 radical (unpaired) electrons. The molecule has 1 aromatic rings. The molecule has 1 unspecified atom stereocenters. The van der Waals surface area contributed by atoms with Crippen LogP contribution in [-0.2, 0) is 4.74 Å². The minimum atomic E-state index is 0.564. The van der Waals surface area contributed by atoms with E-state index < -0.39 is 0 Å². The summed E-state index contributed by atoms with van der Waals surface area (Å²) in [4.78, 5) is 8.99. The van der Waals surface area contributed by atoms with Crippen molar-refractivity contribution in [1.82, 2.24) is 9.88 Å². The maximum Gasteiger partial charge on any atom is 0.131 e. The molecule has 0 aromatic carbocycles. The molecule has 5 heteroatoms. The molecule has 1 aliphatic rings. The molecule has 0 bridgehead atoms. The Bertz CT molecular complexity index is 416. The third-order valence-corrected chi connectivity index (χ3v) is 4.08. The van der Waals surface area contributed by atoms with Gasteiger partial charge in [-0.3, -0.25) is 4.90 Å². The standard InChI is InChI=1S/C15H24ClN3O/c1-3-13-12-19(14-5-6-17-15(16)11-14)8-7-18(13)9-10-20-4-2/h5-6,11,13H,3-4,7-10,12H2,1-2H3. The number of aromatic nitrogens is 1. The SMILES string of the molecule is CCOCCN1CCN(c2ccnc(Cl)c2)CC1CC. The molecular formula is C15H24ClN3O.